The smallest absolute Gasteiger partial charge is 0.335 e. The Balaban J connectivity index is 2.20. The van der Waals surface area contributed by atoms with Crippen LogP contribution in [0.1, 0.15) is 20.7 Å². The number of carbonyl (C=O) groups excluding carboxylic acids is 1. The molecule has 4 N–H and O–H groups in total. The van der Waals surface area contributed by atoms with Crippen LogP contribution in [0.15, 0.2) is 30.6 Å². The SMILES string of the molecule is O=C(O)c1ccc(NC(=O)c2cn[nH]c2)c(O)c1. The molecule has 0 fully saturated rings. The maximum Gasteiger partial charge on any atom is 0.335 e. The second-order valence-corrected chi connectivity index (χ2v) is 3.48. The summed E-state index contributed by atoms with van der Waals surface area (Å²) in [6.07, 6.45) is 2.73. The molecule has 7 heteroatoms. The summed E-state index contributed by atoms with van der Waals surface area (Å²) in [5.74, 6) is -1.92. The van der Waals surface area contributed by atoms with Crippen molar-refractivity contribution >= 4 is 17.6 Å². The molecular weight excluding hydrogens is 238 g/mol. The molecule has 2 aromatic rings. The number of phenolic OH excluding ortho intramolecular Hbond substituents is 1. The fourth-order valence-corrected chi connectivity index (χ4v) is 1.34. The monoisotopic (exact) mass is 247 g/mol. The number of hydrogen-bond donors (Lipinski definition) is 4. The van der Waals surface area contributed by atoms with Gasteiger partial charge in [0.1, 0.15) is 5.75 Å². The van der Waals surface area contributed by atoms with Crippen LogP contribution in [0.2, 0.25) is 0 Å². The van der Waals surface area contributed by atoms with Gasteiger partial charge in [-0.3, -0.25) is 9.89 Å². The first kappa shape index (κ1) is 11.6. The molecule has 0 bridgehead atoms. The first-order valence-corrected chi connectivity index (χ1v) is 4.94. The minimum Gasteiger partial charge on any atom is -0.506 e. The van der Waals surface area contributed by atoms with Gasteiger partial charge in [0.05, 0.1) is 23.0 Å². The van der Waals surface area contributed by atoms with Crippen molar-refractivity contribution < 1.29 is 19.8 Å². The fraction of sp³-hybridized carbons (Fsp3) is 0. The predicted molar refractivity (Wildman–Crippen MR) is 61.6 cm³/mol. The molecule has 1 amide bonds. The molecule has 92 valence electrons. The van der Waals surface area contributed by atoms with Gasteiger partial charge in [-0.05, 0) is 18.2 Å². The maximum atomic E-state index is 11.6. The van der Waals surface area contributed by atoms with Gasteiger partial charge in [-0.2, -0.15) is 5.10 Å². The van der Waals surface area contributed by atoms with Crippen molar-refractivity contribution in [3.05, 3.63) is 41.7 Å². The Morgan fingerprint density at radius 1 is 1.28 bits per heavy atom. The highest BCUT2D eigenvalue weighted by molar-refractivity contribution is 6.05. The lowest BCUT2D eigenvalue weighted by atomic mass is 10.2. The van der Waals surface area contributed by atoms with Crippen molar-refractivity contribution in [3.63, 3.8) is 0 Å². The van der Waals surface area contributed by atoms with Gasteiger partial charge in [0, 0.05) is 6.20 Å². The van der Waals surface area contributed by atoms with Crippen LogP contribution in [-0.2, 0) is 0 Å². The molecule has 1 heterocycles. The lowest BCUT2D eigenvalue weighted by Crippen LogP contribution is -2.11. The molecule has 0 saturated heterocycles. The third kappa shape index (κ3) is 2.29. The van der Waals surface area contributed by atoms with Crippen LogP contribution < -0.4 is 5.32 Å². The van der Waals surface area contributed by atoms with Crippen LogP contribution in [-0.4, -0.2) is 32.3 Å². The minimum atomic E-state index is -1.15. The third-order valence-electron chi connectivity index (χ3n) is 2.25. The summed E-state index contributed by atoms with van der Waals surface area (Å²) in [5, 5.41) is 26.8. The molecule has 18 heavy (non-hydrogen) atoms. The van der Waals surface area contributed by atoms with E-state index in [-0.39, 0.29) is 17.0 Å². The average Bonchev–Trinajstić information content (AvgIpc) is 2.85. The highest BCUT2D eigenvalue weighted by Crippen LogP contribution is 2.24. The number of benzene rings is 1. The molecule has 7 nitrogen and oxygen atoms in total. The number of aromatic amines is 1. The number of phenols is 1. The lowest BCUT2D eigenvalue weighted by molar-refractivity contribution is 0.0696. The van der Waals surface area contributed by atoms with Gasteiger partial charge < -0.3 is 15.5 Å². The Hall–Kier alpha value is -2.83. The molecule has 0 aliphatic rings. The van der Waals surface area contributed by atoms with Crippen molar-refractivity contribution in [2.75, 3.05) is 5.32 Å². The van der Waals surface area contributed by atoms with Crippen molar-refractivity contribution in [3.8, 4) is 5.75 Å². The summed E-state index contributed by atoms with van der Waals surface area (Å²) in [4.78, 5) is 22.3. The number of carboxylic acid groups (broad SMARTS) is 1. The summed E-state index contributed by atoms with van der Waals surface area (Å²) in [6.45, 7) is 0. The number of carbonyl (C=O) groups is 2. The van der Waals surface area contributed by atoms with E-state index in [0.29, 0.717) is 5.56 Å². The number of hydrogen-bond acceptors (Lipinski definition) is 4. The molecule has 0 aliphatic heterocycles. The topological polar surface area (TPSA) is 115 Å². The summed E-state index contributed by atoms with van der Waals surface area (Å²) in [5.41, 5.74) is 0.372. The number of anilines is 1. The van der Waals surface area contributed by atoms with Gasteiger partial charge in [0.2, 0.25) is 0 Å². The molecular formula is C11H9N3O4. The largest absolute Gasteiger partial charge is 0.506 e. The van der Waals surface area contributed by atoms with Gasteiger partial charge >= 0.3 is 5.97 Å². The zero-order valence-electron chi connectivity index (χ0n) is 9.04. The third-order valence-corrected chi connectivity index (χ3v) is 2.25. The number of nitrogens with zero attached hydrogens (tertiary/aromatic N) is 1. The molecule has 2 rings (SSSR count). The van der Waals surface area contributed by atoms with E-state index >= 15 is 0 Å². The molecule has 1 aromatic carbocycles. The Morgan fingerprint density at radius 3 is 2.61 bits per heavy atom. The minimum absolute atomic E-state index is 0.0613. The van der Waals surface area contributed by atoms with E-state index in [4.69, 9.17) is 5.11 Å². The maximum absolute atomic E-state index is 11.6. The molecule has 0 saturated carbocycles. The van der Waals surface area contributed by atoms with Crippen LogP contribution in [0.25, 0.3) is 0 Å². The Morgan fingerprint density at radius 2 is 2.06 bits per heavy atom. The van der Waals surface area contributed by atoms with Gasteiger partial charge in [-0.1, -0.05) is 0 Å². The first-order valence-electron chi connectivity index (χ1n) is 4.94. The molecule has 0 spiro atoms. The number of H-pyrrole nitrogens is 1. The van der Waals surface area contributed by atoms with Crippen LogP contribution in [0.3, 0.4) is 0 Å². The first-order chi connectivity index (χ1) is 8.58. The van der Waals surface area contributed by atoms with Crippen molar-refractivity contribution in [1.29, 1.82) is 0 Å². The molecule has 0 radical (unpaired) electrons. The Kier molecular flexibility index (Phi) is 2.96. The number of aromatic carboxylic acids is 1. The summed E-state index contributed by atoms with van der Waals surface area (Å²) >= 11 is 0. The van der Waals surface area contributed by atoms with Crippen LogP contribution in [0, 0.1) is 0 Å². The molecule has 0 atom stereocenters. The van der Waals surface area contributed by atoms with Crippen LogP contribution in [0.5, 0.6) is 5.75 Å². The van der Waals surface area contributed by atoms with Crippen molar-refractivity contribution in [1.82, 2.24) is 10.2 Å². The Bertz CT molecular complexity index is 592. The number of carboxylic acids is 1. The van der Waals surface area contributed by atoms with E-state index in [1.165, 1.54) is 24.5 Å². The summed E-state index contributed by atoms with van der Waals surface area (Å²) in [7, 11) is 0. The second-order valence-electron chi connectivity index (χ2n) is 3.48. The highest BCUT2D eigenvalue weighted by atomic mass is 16.4. The fourth-order valence-electron chi connectivity index (χ4n) is 1.34. The van der Waals surface area contributed by atoms with E-state index in [0.717, 1.165) is 6.07 Å². The molecule has 0 aliphatic carbocycles. The molecule has 1 aromatic heterocycles. The van der Waals surface area contributed by atoms with Gasteiger partial charge in [-0.25, -0.2) is 4.79 Å². The van der Waals surface area contributed by atoms with Gasteiger partial charge in [-0.15, -0.1) is 0 Å². The number of nitrogens with one attached hydrogen (secondary N) is 2. The van der Waals surface area contributed by atoms with Crippen molar-refractivity contribution in [2.24, 2.45) is 0 Å². The molecule has 0 unspecified atom stereocenters. The van der Waals surface area contributed by atoms with E-state index in [1.54, 1.807) is 0 Å². The zero-order chi connectivity index (χ0) is 13.1. The number of rotatable bonds is 3. The number of aromatic nitrogens is 2. The van der Waals surface area contributed by atoms with Crippen LogP contribution >= 0.6 is 0 Å². The predicted octanol–water partition coefficient (Wildman–Crippen LogP) is 1.07. The van der Waals surface area contributed by atoms with Crippen molar-refractivity contribution in [2.45, 2.75) is 0 Å². The van der Waals surface area contributed by atoms with E-state index < -0.39 is 11.9 Å². The van der Waals surface area contributed by atoms with E-state index in [1.807, 2.05) is 0 Å². The van der Waals surface area contributed by atoms with E-state index in [9.17, 15) is 14.7 Å². The van der Waals surface area contributed by atoms with Crippen LogP contribution in [0.4, 0.5) is 5.69 Å². The highest BCUT2D eigenvalue weighted by Gasteiger charge is 2.11. The standard InChI is InChI=1S/C11H9N3O4/c15-9-3-6(11(17)18)1-2-8(9)14-10(16)7-4-12-13-5-7/h1-5,15H,(H,12,13)(H,14,16)(H,17,18). The number of amides is 1. The summed E-state index contributed by atoms with van der Waals surface area (Å²) < 4.78 is 0. The Labute approximate surface area is 101 Å². The quantitative estimate of drug-likeness (QED) is 0.605. The van der Waals surface area contributed by atoms with Gasteiger partial charge in [0.25, 0.3) is 5.91 Å². The number of aromatic hydroxyl groups is 1. The average molecular weight is 247 g/mol. The zero-order valence-corrected chi connectivity index (χ0v) is 9.04. The lowest BCUT2D eigenvalue weighted by Gasteiger charge is -2.06. The second kappa shape index (κ2) is 4.58. The van der Waals surface area contributed by atoms with E-state index in [2.05, 4.69) is 15.5 Å². The normalized spacial score (nSPS) is 10.0. The summed E-state index contributed by atoms with van der Waals surface area (Å²) in [6, 6.07) is 3.66. The van der Waals surface area contributed by atoms with Gasteiger partial charge in [0.15, 0.2) is 0 Å².